The first kappa shape index (κ1) is 15.1. The van der Waals surface area contributed by atoms with Crippen LogP contribution in [0.4, 0.5) is 0 Å². The monoisotopic (exact) mass is 278 g/mol. The molecule has 1 aliphatic heterocycles. The lowest BCUT2D eigenvalue weighted by Crippen LogP contribution is -2.43. The number of hydrogen-bond acceptors (Lipinski definition) is 3. The fraction of sp³-hybridized carbons (Fsp3) is 0.917. The Hall–Kier alpha value is 0.0700. The van der Waals surface area contributed by atoms with Crippen LogP contribution in [0.5, 0.6) is 0 Å². The normalized spacial score (nSPS) is 23.9. The summed E-state index contributed by atoms with van der Waals surface area (Å²) in [7, 11) is 0. The van der Waals surface area contributed by atoms with Crippen LogP contribution in [0, 0.1) is 0 Å². The number of carbonyl (C=O) groups excluding carboxylic acids is 1. The van der Waals surface area contributed by atoms with E-state index in [1.165, 1.54) is 18.6 Å². The van der Waals surface area contributed by atoms with Crippen molar-refractivity contribution in [3.05, 3.63) is 0 Å². The molecule has 17 heavy (non-hydrogen) atoms. The van der Waals surface area contributed by atoms with Gasteiger partial charge in [-0.25, -0.2) is 0 Å². The van der Waals surface area contributed by atoms with Crippen molar-refractivity contribution in [2.75, 3.05) is 24.6 Å². The van der Waals surface area contributed by atoms with Gasteiger partial charge in [0.1, 0.15) is 0 Å². The summed E-state index contributed by atoms with van der Waals surface area (Å²) in [4.78, 5) is 14.3. The summed E-state index contributed by atoms with van der Waals surface area (Å²) in [6.45, 7) is 4.15. The van der Waals surface area contributed by atoms with Gasteiger partial charge in [-0.15, -0.1) is 12.4 Å². The van der Waals surface area contributed by atoms with Crippen LogP contribution in [0.15, 0.2) is 0 Å². The van der Waals surface area contributed by atoms with Gasteiger partial charge in [-0.1, -0.05) is 6.92 Å². The van der Waals surface area contributed by atoms with E-state index < -0.39 is 0 Å². The Kier molecular flexibility index (Phi) is 6.67. The van der Waals surface area contributed by atoms with Gasteiger partial charge in [0, 0.05) is 43.1 Å². The lowest BCUT2D eigenvalue weighted by molar-refractivity contribution is -0.132. The molecule has 1 atom stereocenters. The topological polar surface area (TPSA) is 32.3 Å². The van der Waals surface area contributed by atoms with Crippen molar-refractivity contribution in [2.45, 2.75) is 44.7 Å². The number of carbonyl (C=O) groups is 1. The molecule has 0 aromatic rings. The Labute approximate surface area is 114 Å². The highest BCUT2D eigenvalue weighted by molar-refractivity contribution is 7.99. The summed E-state index contributed by atoms with van der Waals surface area (Å²) in [5.41, 5.74) is 0. The summed E-state index contributed by atoms with van der Waals surface area (Å²) in [5, 5.41) is 3.44. The Morgan fingerprint density at radius 1 is 1.47 bits per heavy atom. The Balaban J connectivity index is 0.00000144. The molecule has 0 aromatic heterocycles. The fourth-order valence-corrected chi connectivity index (χ4v) is 3.17. The standard InChI is InChI=1S/C12H22N2OS.ClH/c1-2-6-14(11-3-4-11)12(15)8-10-9-16-7-5-13-10;/h10-11,13H,2-9H2,1H3;1H. The number of halogens is 1. The highest BCUT2D eigenvalue weighted by Gasteiger charge is 2.32. The first-order valence-electron chi connectivity index (χ1n) is 6.42. The second-order valence-corrected chi connectivity index (χ2v) is 5.90. The molecule has 1 saturated carbocycles. The molecule has 3 nitrogen and oxygen atoms in total. The Bertz CT molecular complexity index is 243. The third-order valence-corrected chi connectivity index (χ3v) is 4.32. The zero-order chi connectivity index (χ0) is 11.4. The van der Waals surface area contributed by atoms with Crippen molar-refractivity contribution in [1.82, 2.24) is 10.2 Å². The van der Waals surface area contributed by atoms with Crippen molar-refractivity contribution in [1.29, 1.82) is 0 Å². The molecule has 0 spiro atoms. The molecular formula is C12H23ClN2OS. The van der Waals surface area contributed by atoms with Crippen LogP contribution in [0.1, 0.15) is 32.6 Å². The van der Waals surface area contributed by atoms with Crippen molar-refractivity contribution < 1.29 is 4.79 Å². The van der Waals surface area contributed by atoms with Crippen LogP contribution >= 0.6 is 24.2 Å². The van der Waals surface area contributed by atoms with Crippen LogP contribution in [0.2, 0.25) is 0 Å². The number of hydrogen-bond donors (Lipinski definition) is 1. The molecule has 2 fully saturated rings. The quantitative estimate of drug-likeness (QED) is 0.834. The molecule has 0 radical (unpaired) electrons. The van der Waals surface area contributed by atoms with Gasteiger partial charge in [0.2, 0.25) is 5.91 Å². The minimum absolute atomic E-state index is 0. The predicted molar refractivity (Wildman–Crippen MR) is 76.0 cm³/mol. The maximum atomic E-state index is 12.2. The number of nitrogens with zero attached hydrogens (tertiary/aromatic N) is 1. The Morgan fingerprint density at radius 3 is 2.76 bits per heavy atom. The van der Waals surface area contributed by atoms with Crippen LogP contribution in [0.3, 0.4) is 0 Å². The molecule has 5 heteroatoms. The van der Waals surface area contributed by atoms with Gasteiger partial charge < -0.3 is 10.2 Å². The van der Waals surface area contributed by atoms with Crippen LogP contribution in [0.25, 0.3) is 0 Å². The van der Waals surface area contributed by atoms with E-state index in [4.69, 9.17) is 0 Å². The minimum atomic E-state index is 0. The first-order valence-corrected chi connectivity index (χ1v) is 7.57. The maximum absolute atomic E-state index is 12.2. The van der Waals surface area contributed by atoms with Crippen molar-refractivity contribution in [3.8, 4) is 0 Å². The lowest BCUT2D eigenvalue weighted by atomic mass is 10.2. The molecule has 1 N–H and O–H groups in total. The summed E-state index contributed by atoms with van der Waals surface area (Å²) in [5.74, 6) is 2.65. The van der Waals surface area contributed by atoms with E-state index in [9.17, 15) is 4.79 Å². The Morgan fingerprint density at radius 2 is 2.24 bits per heavy atom. The predicted octanol–water partition coefficient (Wildman–Crippen LogP) is 1.90. The SMILES string of the molecule is CCCN(C(=O)CC1CSCCN1)C1CC1.Cl. The van der Waals surface area contributed by atoms with Gasteiger partial charge in [-0.2, -0.15) is 11.8 Å². The zero-order valence-electron chi connectivity index (χ0n) is 10.5. The molecule has 1 heterocycles. The van der Waals surface area contributed by atoms with Crippen molar-refractivity contribution in [2.24, 2.45) is 0 Å². The summed E-state index contributed by atoms with van der Waals surface area (Å²) in [6.07, 6.45) is 4.22. The lowest BCUT2D eigenvalue weighted by Gasteiger charge is -2.27. The smallest absolute Gasteiger partial charge is 0.224 e. The van der Waals surface area contributed by atoms with Gasteiger partial charge in [0.05, 0.1) is 0 Å². The van der Waals surface area contributed by atoms with E-state index in [1.807, 2.05) is 11.8 Å². The van der Waals surface area contributed by atoms with Gasteiger partial charge >= 0.3 is 0 Å². The third kappa shape index (κ3) is 4.68. The molecule has 1 saturated heterocycles. The first-order chi connectivity index (χ1) is 7.81. The molecule has 1 unspecified atom stereocenters. The van der Waals surface area contributed by atoms with E-state index >= 15 is 0 Å². The van der Waals surface area contributed by atoms with Crippen molar-refractivity contribution >= 4 is 30.1 Å². The highest BCUT2D eigenvalue weighted by Crippen LogP contribution is 2.28. The summed E-state index contributed by atoms with van der Waals surface area (Å²) >= 11 is 1.96. The van der Waals surface area contributed by atoms with Crippen LogP contribution in [-0.4, -0.2) is 47.5 Å². The molecule has 1 aliphatic carbocycles. The van der Waals surface area contributed by atoms with Gasteiger partial charge in [-0.3, -0.25) is 4.79 Å². The molecular weight excluding hydrogens is 256 g/mol. The number of nitrogens with one attached hydrogen (secondary N) is 1. The largest absolute Gasteiger partial charge is 0.340 e. The number of rotatable bonds is 5. The maximum Gasteiger partial charge on any atom is 0.224 e. The molecule has 2 rings (SSSR count). The highest BCUT2D eigenvalue weighted by atomic mass is 35.5. The van der Waals surface area contributed by atoms with Gasteiger partial charge in [0.15, 0.2) is 0 Å². The second-order valence-electron chi connectivity index (χ2n) is 4.75. The fourth-order valence-electron chi connectivity index (χ4n) is 2.22. The average molecular weight is 279 g/mol. The molecule has 100 valence electrons. The van der Waals surface area contributed by atoms with Crippen LogP contribution < -0.4 is 5.32 Å². The van der Waals surface area contributed by atoms with E-state index in [1.54, 1.807) is 0 Å². The van der Waals surface area contributed by atoms with E-state index in [2.05, 4.69) is 17.1 Å². The molecule has 0 aromatic carbocycles. The second kappa shape index (κ2) is 7.49. The van der Waals surface area contributed by atoms with E-state index in [-0.39, 0.29) is 12.4 Å². The van der Waals surface area contributed by atoms with Gasteiger partial charge in [0.25, 0.3) is 0 Å². The summed E-state index contributed by atoms with van der Waals surface area (Å²) in [6, 6.07) is 0.980. The third-order valence-electron chi connectivity index (χ3n) is 3.19. The molecule has 2 aliphatic rings. The van der Waals surface area contributed by atoms with Crippen molar-refractivity contribution in [3.63, 3.8) is 0 Å². The van der Waals surface area contributed by atoms with E-state index in [0.29, 0.717) is 24.4 Å². The minimum Gasteiger partial charge on any atom is -0.340 e. The van der Waals surface area contributed by atoms with Crippen LogP contribution in [-0.2, 0) is 4.79 Å². The molecule has 1 amide bonds. The number of thioether (sulfide) groups is 1. The van der Waals surface area contributed by atoms with E-state index in [0.717, 1.165) is 25.3 Å². The molecule has 0 bridgehead atoms. The van der Waals surface area contributed by atoms with Gasteiger partial charge in [-0.05, 0) is 19.3 Å². The number of amides is 1. The zero-order valence-corrected chi connectivity index (χ0v) is 12.1. The summed E-state index contributed by atoms with van der Waals surface area (Å²) < 4.78 is 0. The average Bonchev–Trinajstić information content (AvgIpc) is 3.11.